The number of rotatable bonds is 4. The van der Waals surface area contributed by atoms with Crippen LogP contribution < -0.4 is 4.90 Å². The third-order valence-electron chi connectivity index (χ3n) is 5.81. The molecule has 2 saturated heterocycles. The minimum absolute atomic E-state index is 0.113. The van der Waals surface area contributed by atoms with Crippen LogP contribution >= 0.6 is 0 Å². The molecule has 134 valence electrons. The van der Waals surface area contributed by atoms with E-state index in [2.05, 4.69) is 47.4 Å². The molecule has 2 aromatic rings. The molecule has 2 aliphatic heterocycles. The zero-order chi connectivity index (χ0) is 17.1. The first-order chi connectivity index (χ1) is 12.3. The van der Waals surface area contributed by atoms with Gasteiger partial charge in [-0.3, -0.25) is 0 Å². The largest absolute Gasteiger partial charge is 0.372 e. The summed E-state index contributed by atoms with van der Waals surface area (Å²) in [6.07, 6.45) is 11.6. The molecular formula is C21H29N3O. The molecule has 4 heteroatoms. The van der Waals surface area contributed by atoms with Gasteiger partial charge in [-0.05, 0) is 55.7 Å². The van der Waals surface area contributed by atoms with E-state index in [9.17, 15) is 0 Å². The summed E-state index contributed by atoms with van der Waals surface area (Å²) in [6, 6.07) is 8.97. The Balaban J connectivity index is 1.43. The maximum Gasteiger partial charge on any atom is 0.150 e. The van der Waals surface area contributed by atoms with Crippen molar-refractivity contribution in [2.75, 3.05) is 24.6 Å². The van der Waals surface area contributed by atoms with Gasteiger partial charge in [0, 0.05) is 37.1 Å². The first-order valence-corrected chi connectivity index (χ1v) is 9.84. The van der Waals surface area contributed by atoms with Crippen LogP contribution in [-0.2, 0) is 4.74 Å². The molecule has 25 heavy (non-hydrogen) atoms. The molecule has 0 aliphatic carbocycles. The Morgan fingerprint density at radius 1 is 1.04 bits per heavy atom. The number of aromatic nitrogens is 2. The van der Waals surface area contributed by atoms with Crippen molar-refractivity contribution < 1.29 is 4.74 Å². The van der Waals surface area contributed by atoms with Crippen molar-refractivity contribution >= 4 is 5.69 Å². The first kappa shape index (κ1) is 16.6. The average Bonchev–Trinajstić information content (AvgIpc) is 3.19. The second-order valence-corrected chi connectivity index (χ2v) is 7.42. The van der Waals surface area contributed by atoms with E-state index < -0.39 is 0 Å². The lowest BCUT2D eigenvalue weighted by molar-refractivity contribution is -0.0394. The second kappa shape index (κ2) is 7.61. The number of piperidine rings is 1. The monoisotopic (exact) mass is 339 g/mol. The van der Waals surface area contributed by atoms with Gasteiger partial charge in [0.25, 0.3) is 0 Å². The SMILES string of the molecule is CCC1CCN(c2ccc(-c3cnn(C4CCCCO4)c3)cc2)CC1. The number of hydrogen-bond donors (Lipinski definition) is 0. The summed E-state index contributed by atoms with van der Waals surface area (Å²) in [4.78, 5) is 2.52. The van der Waals surface area contributed by atoms with E-state index in [0.29, 0.717) is 0 Å². The van der Waals surface area contributed by atoms with Gasteiger partial charge in [0.1, 0.15) is 6.23 Å². The Labute approximate surface area is 150 Å². The highest BCUT2D eigenvalue weighted by Crippen LogP contribution is 2.29. The Morgan fingerprint density at radius 2 is 1.84 bits per heavy atom. The lowest BCUT2D eigenvalue weighted by atomic mass is 9.94. The number of nitrogens with zero attached hydrogens (tertiary/aromatic N) is 3. The third-order valence-corrected chi connectivity index (χ3v) is 5.81. The van der Waals surface area contributed by atoms with Gasteiger partial charge < -0.3 is 9.64 Å². The molecule has 3 heterocycles. The van der Waals surface area contributed by atoms with Gasteiger partial charge in [-0.2, -0.15) is 5.10 Å². The summed E-state index contributed by atoms with van der Waals surface area (Å²) >= 11 is 0. The molecule has 0 amide bonds. The van der Waals surface area contributed by atoms with E-state index in [1.54, 1.807) is 0 Å². The highest BCUT2D eigenvalue weighted by atomic mass is 16.5. The highest BCUT2D eigenvalue weighted by Gasteiger charge is 2.19. The van der Waals surface area contributed by atoms with Crippen LogP contribution in [0.4, 0.5) is 5.69 Å². The summed E-state index contributed by atoms with van der Waals surface area (Å²) in [7, 11) is 0. The molecule has 1 atom stereocenters. The summed E-state index contributed by atoms with van der Waals surface area (Å²) < 4.78 is 7.81. The van der Waals surface area contributed by atoms with Crippen molar-refractivity contribution in [3.63, 3.8) is 0 Å². The molecule has 1 aromatic heterocycles. The van der Waals surface area contributed by atoms with Crippen molar-refractivity contribution in [1.29, 1.82) is 0 Å². The molecule has 2 aliphatic rings. The Kier molecular flexibility index (Phi) is 5.07. The molecule has 0 bridgehead atoms. The van der Waals surface area contributed by atoms with Crippen LogP contribution in [0.5, 0.6) is 0 Å². The van der Waals surface area contributed by atoms with Gasteiger partial charge in [-0.25, -0.2) is 4.68 Å². The third kappa shape index (κ3) is 3.74. The standard InChI is InChI=1S/C21H29N3O/c1-2-17-10-12-23(13-11-17)20-8-6-18(7-9-20)19-15-22-24(16-19)21-5-3-4-14-25-21/h6-9,15-17,21H,2-5,10-14H2,1H3. The summed E-state index contributed by atoms with van der Waals surface area (Å²) in [5, 5.41) is 4.53. The van der Waals surface area contributed by atoms with Gasteiger partial charge in [0.15, 0.2) is 0 Å². The Hall–Kier alpha value is -1.81. The topological polar surface area (TPSA) is 30.3 Å². The van der Waals surface area contributed by atoms with Crippen LogP contribution in [0.15, 0.2) is 36.7 Å². The smallest absolute Gasteiger partial charge is 0.150 e. The normalized spacial score (nSPS) is 22.3. The first-order valence-electron chi connectivity index (χ1n) is 9.84. The van der Waals surface area contributed by atoms with Gasteiger partial charge >= 0.3 is 0 Å². The predicted molar refractivity (Wildman–Crippen MR) is 102 cm³/mol. The van der Waals surface area contributed by atoms with Gasteiger partial charge in [-0.15, -0.1) is 0 Å². The van der Waals surface area contributed by atoms with Gasteiger partial charge in [0.2, 0.25) is 0 Å². The molecule has 4 rings (SSSR count). The summed E-state index contributed by atoms with van der Waals surface area (Å²) in [6.45, 7) is 5.54. The van der Waals surface area contributed by atoms with Crippen molar-refractivity contribution in [3.05, 3.63) is 36.7 Å². The zero-order valence-electron chi connectivity index (χ0n) is 15.2. The van der Waals surface area contributed by atoms with Crippen LogP contribution in [0.3, 0.4) is 0 Å². The summed E-state index contributed by atoms with van der Waals surface area (Å²) in [5.74, 6) is 0.920. The van der Waals surface area contributed by atoms with Gasteiger partial charge in [-0.1, -0.05) is 25.5 Å². The van der Waals surface area contributed by atoms with Gasteiger partial charge in [0.05, 0.1) is 6.20 Å². The molecule has 4 nitrogen and oxygen atoms in total. The molecule has 0 spiro atoms. The Bertz CT molecular complexity index is 665. The minimum atomic E-state index is 0.113. The van der Waals surface area contributed by atoms with E-state index in [1.165, 1.54) is 62.0 Å². The zero-order valence-corrected chi connectivity index (χ0v) is 15.2. The lowest BCUT2D eigenvalue weighted by Crippen LogP contribution is -2.33. The average molecular weight is 339 g/mol. The van der Waals surface area contributed by atoms with Crippen LogP contribution in [0.25, 0.3) is 11.1 Å². The second-order valence-electron chi connectivity index (χ2n) is 7.42. The van der Waals surface area contributed by atoms with E-state index in [-0.39, 0.29) is 6.23 Å². The van der Waals surface area contributed by atoms with Crippen molar-refractivity contribution in [3.8, 4) is 11.1 Å². The fourth-order valence-corrected chi connectivity index (χ4v) is 4.04. The van der Waals surface area contributed by atoms with Crippen LogP contribution in [-0.4, -0.2) is 29.5 Å². The number of hydrogen-bond acceptors (Lipinski definition) is 3. The fraction of sp³-hybridized carbons (Fsp3) is 0.571. The van der Waals surface area contributed by atoms with Crippen LogP contribution in [0, 0.1) is 5.92 Å². The van der Waals surface area contributed by atoms with E-state index in [0.717, 1.165) is 18.9 Å². The summed E-state index contributed by atoms with van der Waals surface area (Å²) in [5.41, 5.74) is 3.75. The molecule has 1 aromatic carbocycles. The van der Waals surface area contributed by atoms with Crippen LogP contribution in [0.2, 0.25) is 0 Å². The Morgan fingerprint density at radius 3 is 2.52 bits per heavy atom. The molecule has 1 unspecified atom stereocenters. The molecular weight excluding hydrogens is 310 g/mol. The van der Waals surface area contributed by atoms with Crippen molar-refractivity contribution in [2.24, 2.45) is 5.92 Å². The van der Waals surface area contributed by atoms with E-state index >= 15 is 0 Å². The number of benzene rings is 1. The molecule has 0 radical (unpaired) electrons. The maximum atomic E-state index is 5.82. The van der Waals surface area contributed by atoms with E-state index in [1.807, 2.05) is 10.9 Å². The van der Waals surface area contributed by atoms with Crippen molar-refractivity contribution in [2.45, 2.75) is 51.7 Å². The highest BCUT2D eigenvalue weighted by molar-refractivity contribution is 5.65. The predicted octanol–water partition coefficient (Wildman–Crippen LogP) is 4.88. The van der Waals surface area contributed by atoms with Crippen LogP contribution in [0.1, 0.15) is 51.7 Å². The molecule has 0 saturated carbocycles. The van der Waals surface area contributed by atoms with E-state index in [4.69, 9.17) is 4.74 Å². The quantitative estimate of drug-likeness (QED) is 0.795. The minimum Gasteiger partial charge on any atom is -0.372 e. The maximum absolute atomic E-state index is 5.82. The molecule has 2 fully saturated rings. The molecule has 0 N–H and O–H groups in total. The van der Waals surface area contributed by atoms with Crippen molar-refractivity contribution in [1.82, 2.24) is 9.78 Å². The fourth-order valence-electron chi connectivity index (χ4n) is 4.04. The number of ether oxygens (including phenoxy) is 1. The number of anilines is 1. The lowest BCUT2D eigenvalue weighted by Gasteiger charge is -2.33.